The second-order valence-corrected chi connectivity index (χ2v) is 5.93. The third kappa shape index (κ3) is 2.98. The zero-order valence-corrected chi connectivity index (χ0v) is 12.6. The highest BCUT2D eigenvalue weighted by Crippen LogP contribution is 2.18. The van der Waals surface area contributed by atoms with E-state index in [-0.39, 0.29) is 12.5 Å². The van der Waals surface area contributed by atoms with E-state index in [4.69, 9.17) is 4.74 Å². The van der Waals surface area contributed by atoms with Crippen LogP contribution in [0.3, 0.4) is 0 Å². The predicted molar refractivity (Wildman–Crippen MR) is 76.1 cm³/mol. The van der Waals surface area contributed by atoms with E-state index in [9.17, 15) is 4.79 Å². The molecule has 0 spiro atoms. The summed E-state index contributed by atoms with van der Waals surface area (Å²) in [7, 11) is 0. The first-order valence-corrected chi connectivity index (χ1v) is 6.63. The quantitative estimate of drug-likeness (QED) is 0.610. The van der Waals surface area contributed by atoms with Gasteiger partial charge in [0.05, 0.1) is 5.39 Å². The summed E-state index contributed by atoms with van der Waals surface area (Å²) in [4.78, 5) is 16.0. The number of hydrogen-bond donors (Lipinski definition) is 0. The molecule has 2 aromatic rings. The molecule has 0 aliphatic rings. The molecule has 5 nitrogen and oxygen atoms in total. The van der Waals surface area contributed by atoms with E-state index in [1.165, 1.54) is 0 Å². The number of carbonyl (C=O) groups is 1. The number of rotatable bonds is 2. The van der Waals surface area contributed by atoms with E-state index < -0.39 is 5.60 Å². The molecule has 0 aliphatic heterocycles. The molecule has 0 saturated carbocycles. The lowest BCUT2D eigenvalue weighted by molar-refractivity contribution is -0.155. The zero-order chi connectivity index (χ0) is 13.3. The van der Waals surface area contributed by atoms with Crippen molar-refractivity contribution < 1.29 is 9.53 Å². The summed E-state index contributed by atoms with van der Waals surface area (Å²) >= 11 is 2.13. The van der Waals surface area contributed by atoms with Crippen LogP contribution in [0.4, 0.5) is 0 Å². The van der Waals surface area contributed by atoms with Gasteiger partial charge in [0.15, 0.2) is 5.65 Å². The van der Waals surface area contributed by atoms with Crippen LogP contribution in [0.15, 0.2) is 18.3 Å². The number of nitrogens with zero attached hydrogens (tertiary/aromatic N) is 3. The van der Waals surface area contributed by atoms with Gasteiger partial charge >= 0.3 is 5.97 Å². The molecule has 6 heteroatoms. The fraction of sp³-hybridized carbons (Fsp3) is 0.417. The number of hydrogen-bond acceptors (Lipinski definition) is 4. The van der Waals surface area contributed by atoms with E-state index in [1.807, 2.05) is 32.9 Å². The lowest BCUT2D eigenvalue weighted by Gasteiger charge is -2.19. The van der Waals surface area contributed by atoms with Crippen molar-refractivity contribution in [3.63, 3.8) is 0 Å². The first kappa shape index (κ1) is 13.3. The summed E-state index contributed by atoms with van der Waals surface area (Å²) in [6.45, 7) is 5.60. The third-order valence-electron chi connectivity index (χ3n) is 2.16. The molecule has 2 aromatic heterocycles. The number of ether oxygens (including phenoxy) is 1. The van der Waals surface area contributed by atoms with Crippen molar-refractivity contribution in [2.45, 2.75) is 32.9 Å². The van der Waals surface area contributed by atoms with Crippen molar-refractivity contribution in [3.05, 3.63) is 22.0 Å². The summed E-state index contributed by atoms with van der Waals surface area (Å²) in [6, 6.07) is 3.78. The second-order valence-electron chi connectivity index (χ2n) is 4.91. The topological polar surface area (TPSA) is 57.0 Å². The fourth-order valence-corrected chi connectivity index (χ4v) is 2.26. The molecular weight excluding hydrogens is 345 g/mol. The summed E-state index contributed by atoms with van der Waals surface area (Å²) in [5, 5.41) is 5.25. The molecule has 0 bridgehead atoms. The van der Waals surface area contributed by atoms with E-state index in [1.54, 1.807) is 10.9 Å². The molecule has 2 rings (SSSR count). The smallest absolute Gasteiger partial charge is 0.328 e. The minimum Gasteiger partial charge on any atom is -0.459 e. The standard InChI is InChI=1S/C12H14IN3O2/c1-12(2,3)18-9(17)7-16-11-8(10(13)15-16)5-4-6-14-11/h4-6H,7H2,1-3H3. The minimum atomic E-state index is -0.485. The maximum absolute atomic E-state index is 11.8. The van der Waals surface area contributed by atoms with Crippen molar-refractivity contribution in [1.29, 1.82) is 0 Å². The predicted octanol–water partition coefficient (Wildman–Crippen LogP) is 2.38. The van der Waals surface area contributed by atoms with Crippen LogP contribution in [0, 0.1) is 3.70 Å². The SMILES string of the molecule is CC(C)(C)OC(=O)Cn1nc(I)c2cccnc21. The monoisotopic (exact) mass is 359 g/mol. The van der Waals surface area contributed by atoms with Crippen LogP contribution in [-0.2, 0) is 16.1 Å². The highest BCUT2D eigenvalue weighted by Gasteiger charge is 2.18. The van der Waals surface area contributed by atoms with Gasteiger partial charge in [0.1, 0.15) is 15.8 Å². The summed E-state index contributed by atoms with van der Waals surface area (Å²) < 4.78 is 7.68. The Hall–Kier alpha value is -1.18. The number of halogens is 1. The third-order valence-corrected chi connectivity index (χ3v) is 2.96. The van der Waals surface area contributed by atoms with Gasteiger partial charge in [-0.15, -0.1) is 0 Å². The average molecular weight is 359 g/mol. The van der Waals surface area contributed by atoms with Gasteiger partial charge in [-0.2, -0.15) is 5.10 Å². The average Bonchev–Trinajstić information content (AvgIpc) is 2.54. The Bertz CT molecular complexity index is 587. The van der Waals surface area contributed by atoms with Crippen LogP contribution in [0.1, 0.15) is 20.8 Å². The summed E-state index contributed by atoms with van der Waals surface area (Å²) in [5.74, 6) is -0.311. The minimum absolute atomic E-state index is 0.0772. The van der Waals surface area contributed by atoms with Gasteiger partial charge in [0.25, 0.3) is 0 Å². The molecule has 2 heterocycles. The maximum atomic E-state index is 11.8. The Kier molecular flexibility index (Phi) is 3.56. The van der Waals surface area contributed by atoms with Gasteiger partial charge in [-0.3, -0.25) is 4.79 Å². The first-order chi connectivity index (χ1) is 8.37. The van der Waals surface area contributed by atoms with Crippen LogP contribution >= 0.6 is 22.6 Å². The van der Waals surface area contributed by atoms with Crippen LogP contribution in [0.5, 0.6) is 0 Å². The van der Waals surface area contributed by atoms with Crippen molar-refractivity contribution >= 4 is 39.6 Å². The van der Waals surface area contributed by atoms with Gasteiger partial charge in [-0.05, 0) is 55.5 Å². The van der Waals surface area contributed by atoms with E-state index >= 15 is 0 Å². The van der Waals surface area contributed by atoms with Crippen LogP contribution in [0.25, 0.3) is 11.0 Å². The molecule has 0 aromatic carbocycles. The second kappa shape index (κ2) is 4.83. The fourth-order valence-electron chi connectivity index (χ4n) is 1.58. The molecule has 0 N–H and O–H groups in total. The van der Waals surface area contributed by atoms with E-state index in [0.29, 0.717) is 5.65 Å². The Morgan fingerprint density at radius 2 is 2.22 bits per heavy atom. The largest absolute Gasteiger partial charge is 0.459 e. The molecule has 0 aliphatic carbocycles. The molecule has 0 atom stereocenters. The molecule has 0 amide bonds. The molecule has 0 fully saturated rings. The summed E-state index contributed by atoms with van der Waals surface area (Å²) in [6.07, 6.45) is 1.69. The Balaban J connectivity index is 2.25. The molecule has 18 heavy (non-hydrogen) atoms. The molecule has 0 saturated heterocycles. The maximum Gasteiger partial charge on any atom is 0.328 e. The van der Waals surface area contributed by atoms with E-state index in [2.05, 4.69) is 32.7 Å². The van der Waals surface area contributed by atoms with Gasteiger partial charge in [0.2, 0.25) is 0 Å². The highest BCUT2D eigenvalue weighted by molar-refractivity contribution is 14.1. The Morgan fingerprint density at radius 3 is 2.89 bits per heavy atom. The van der Waals surface area contributed by atoms with Gasteiger partial charge in [-0.25, -0.2) is 9.67 Å². The van der Waals surface area contributed by atoms with E-state index in [0.717, 1.165) is 9.09 Å². The number of fused-ring (bicyclic) bond motifs is 1. The number of pyridine rings is 1. The van der Waals surface area contributed by atoms with Crippen LogP contribution in [-0.4, -0.2) is 26.3 Å². The molecular formula is C12H14IN3O2. The molecule has 0 radical (unpaired) electrons. The van der Waals surface area contributed by atoms with Gasteiger partial charge in [-0.1, -0.05) is 0 Å². The Morgan fingerprint density at radius 1 is 1.50 bits per heavy atom. The molecule has 96 valence electrons. The number of carbonyl (C=O) groups excluding carboxylic acids is 1. The number of esters is 1. The summed E-state index contributed by atoms with van der Waals surface area (Å²) in [5.41, 5.74) is 0.216. The lowest BCUT2D eigenvalue weighted by atomic mass is 10.2. The van der Waals surface area contributed by atoms with Gasteiger partial charge in [0, 0.05) is 6.20 Å². The van der Waals surface area contributed by atoms with Crippen LogP contribution < -0.4 is 0 Å². The van der Waals surface area contributed by atoms with Crippen molar-refractivity contribution in [1.82, 2.24) is 14.8 Å². The van der Waals surface area contributed by atoms with Crippen molar-refractivity contribution in [2.24, 2.45) is 0 Å². The first-order valence-electron chi connectivity index (χ1n) is 5.56. The normalized spacial score (nSPS) is 11.8. The highest BCUT2D eigenvalue weighted by atomic mass is 127. The van der Waals surface area contributed by atoms with Crippen molar-refractivity contribution in [3.8, 4) is 0 Å². The number of aromatic nitrogens is 3. The Labute approximate surface area is 119 Å². The zero-order valence-electron chi connectivity index (χ0n) is 10.5. The van der Waals surface area contributed by atoms with Crippen LogP contribution in [0.2, 0.25) is 0 Å². The molecule has 0 unspecified atom stereocenters. The van der Waals surface area contributed by atoms with Gasteiger partial charge < -0.3 is 4.74 Å². The lowest BCUT2D eigenvalue weighted by Crippen LogP contribution is -2.26. The van der Waals surface area contributed by atoms with Crippen molar-refractivity contribution in [2.75, 3.05) is 0 Å².